The van der Waals surface area contributed by atoms with E-state index in [1.807, 2.05) is 29.5 Å². The van der Waals surface area contributed by atoms with Crippen LogP contribution in [0.25, 0.3) is 64.3 Å². The highest BCUT2D eigenvalue weighted by atomic mass is 32.1. The Kier molecular flexibility index (Phi) is 3.18. The first-order valence-corrected chi connectivity index (χ1v) is 10.8. The second kappa shape index (κ2) is 5.91. The summed E-state index contributed by atoms with van der Waals surface area (Å²) >= 11 is 1.83. The van der Waals surface area contributed by atoms with Gasteiger partial charge in [-0.05, 0) is 24.3 Å². The van der Waals surface area contributed by atoms with Gasteiger partial charge in [-0.1, -0.05) is 66.7 Å². The van der Waals surface area contributed by atoms with Crippen molar-refractivity contribution in [1.29, 1.82) is 0 Å². The molecule has 0 N–H and O–H groups in total. The largest absolute Gasteiger partial charge is 0.454 e. The van der Waals surface area contributed by atoms with Gasteiger partial charge in [-0.2, -0.15) is 0 Å². The number of fused-ring (bicyclic) bond motifs is 8. The molecule has 7 aromatic rings. The maximum Gasteiger partial charge on any atom is 0.162 e. The molecular weight excluding hydrogens is 386 g/mol. The van der Waals surface area contributed by atoms with Crippen molar-refractivity contribution in [2.24, 2.45) is 0 Å². The lowest BCUT2D eigenvalue weighted by Gasteiger charge is -2.06. The Morgan fingerprint density at radius 1 is 0.633 bits per heavy atom. The van der Waals surface area contributed by atoms with Crippen LogP contribution in [0.1, 0.15) is 0 Å². The van der Waals surface area contributed by atoms with Gasteiger partial charge in [-0.3, -0.25) is 0 Å². The summed E-state index contributed by atoms with van der Waals surface area (Å²) < 4.78 is 8.94. The predicted molar refractivity (Wildman–Crippen MR) is 127 cm³/mol. The van der Waals surface area contributed by atoms with Gasteiger partial charge in [-0.15, -0.1) is 11.3 Å². The molecule has 140 valence electrons. The molecule has 0 radical (unpaired) electrons. The molecule has 0 amide bonds. The van der Waals surface area contributed by atoms with Gasteiger partial charge in [0.1, 0.15) is 11.3 Å². The van der Waals surface area contributed by atoms with E-state index in [4.69, 9.17) is 9.40 Å². The minimum Gasteiger partial charge on any atom is -0.454 e. The summed E-state index contributed by atoms with van der Waals surface area (Å²) in [5.41, 5.74) is 4.73. The summed E-state index contributed by atoms with van der Waals surface area (Å²) in [7, 11) is 0. The average Bonchev–Trinajstić information content (AvgIpc) is 3.37. The van der Waals surface area contributed by atoms with Crippen LogP contribution in [-0.4, -0.2) is 4.98 Å². The molecule has 0 aliphatic rings. The van der Waals surface area contributed by atoms with Gasteiger partial charge in [0.2, 0.25) is 0 Å². The predicted octanol–water partition coefficient (Wildman–Crippen LogP) is 8.17. The van der Waals surface area contributed by atoms with E-state index in [0.717, 1.165) is 44.1 Å². The molecule has 0 fully saturated rings. The Morgan fingerprint density at radius 3 is 2.30 bits per heavy atom. The van der Waals surface area contributed by atoms with Crippen LogP contribution in [0.5, 0.6) is 0 Å². The summed E-state index contributed by atoms with van der Waals surface area (Å²) in [6, 6.07) is 31.8. The maximum absolute atomic E-state index is 6.36. The first-order chi connectivity index (χ1) is 14.9. The molecule has 0 bridgehead atoms. The molecule has 3 heterocycles. The zero-order valence-corrected chi connectivity index (χ0v) is 16.7. The molecule has 0 aliphatic heterocycles. The third-order valence-corrected chi connectivity index (χ3v) is 7.00. The van der Waals surface area contributed by atoms with Gasteiger partial charge >= 0.3 is 0 Å². The van der Waals surface area contributed by atoms with E-state index in [9.17, 15) is 0 Å². The lowest BCUT2D eigenvalue weighted by molar-refractivity contribution is 0.669. The van der Waals surface area contributed by atoms with E-state index in [-0.39, 0.29) is 0 Å². The summed E-state index contributed by atoms with van der Waals surface area (Å²) in [6.07, 6.45) is 0. The van der Waals surface area contributed by atoms with Gasteiger partial charge in [-0.25, -0.2) is 4.98 Å². The van der Waals surface area contributed by atoms with Crippen molar-refractivity contribution in [3.8, 4) is 11.3 Å². The Balaban J connectivity index is 1.61. The van der Waals surface area contributed by atoms with Crippen molar-refractivity contribution in [3.63, 3.8) is 0 Å². The smallest absolute Gasteiger partial charge is 0.162 e. The molecule has 3 heteroatoms. The van der Waals surface area contributed by atoms with Crippen molar-refractivity contribution in [2.45, 2.75) is 0 Å². The van der Waals surface area contributed by atoms with E-state index in [2.05, 4.69) is 72.8 Å². The second-order valence-electron chi connectivity index (χ2n) is 7.59. The lowest BCUT2D eigenvalue weighted by Crippen LogP contribution is -1.87. The highest BCUT2D eigenvalue weighted by molar-refractivity contribution is 7.25. The minimum absolute atomic E-state index is 0.857. The Labute approximate surface area is 176 Å². The van der Waals surface area contributed by atoms with Crippen LogP contribution >= 0.6 is 11.3 Å². The molecule has 30 heavy (non-hydrogen) atoms. The van der Waals surface area contributed by atoms with E-state index < -0.39 is 0 Å². The molecule has 2 nitrogen and oxygen atoms in total. The quantitative estimate of drug-likeness (QED) is 0.277. The fourth-order valence-electron chi connectivity index (χ4n) is 4.50. The summed E-state index contributed by atoms with van der Waals surface area (Å²) in [5, 5.41) is 6.01. The van der Waals surface area contributed by atoms with Crippen LogP contribution in [0, 0.1) is 0 Å². The fourth-order valence-corrected chi connectivity index (χ4v) is 5.65. The number of para-hydroxylation sites is 2. The van der Waals surface area contributed by atoms with Gasteiger partial charge in [0, 0.05) is 41.9 Å². The molecule has 0 atom stereocenters. The first kappa shape index (κ1) is 16.1. The molecular formula is C27H15NOS. The number of hydrogen-bond acceptors (Lipinski definition) is 3. The van der Waals surface area contributed by atoms with E-state index >= 15 is 0 Å². The number of pyridine rings is 1. The van der Waals surface area contributed by atoms with Crippen LogP contribution in [-0.2, 0) is 0 Å². The lowest BCUT2D eigenvalue weighted by atomic mass is 10.0. The Bertz CT molecular complexity index is 1760. The number of thiophene rings is 1. The standard InChI is InChI=1S/C27H15NOS/c1-4-10-21-19(8-1)25-20-9-2-5-11-22(20)29-27(25)26(28-21)16-13-14-18-17-7-3-6-12-23(17)30-24(18)15-16/h1-15H. The Hall–Kier alpha value is -3.69. The highest BCUT2D eigenvalue weighted by Crippen LogP contribution is 2.41. The molecule has 0 saturated heterocycles. The van der Waals surface area contributed by atoms with Crippen molar-refractivity contribution in [2.75, 3.05) is 0 Å². The third kappa shape index (κ3) is 2.15. The number of benzene rings is 4. The zero-order chi connectivity index (χ0) is 19.7. The van der Waals surface area contributed by atoms with E-state index in [1.54, 1.807) is 0 Å². The summed E-state index contributed by atoms with van der Waals surface area (Å²) in [4.78, 5) is 5.04. The monoisotopic (exact) mass is 401 g/mol. The second-order valence-corrected chi connectivity index (χ2v) is 8.67. The van der Waals surface area contributed by atoms with Crippen molar-refractivity contribution in [1.82, 2.24) is 4.98 Å². The summed E-state index contributed by atoms with van der Waals surface area (Å²) in [6.45, 7) is 0. The number of aromatic nitrogens is 1. The van der Waals surface area contributed by atoms with Crippen LogP contribution < -0.4 is 0 Å². The molecule has 0 unspecified atom stereocenters. The van der Waals surface area contributed by atoms with E-state index in [1.165, 1.54) is 20.2 Å². The maximum atomic E-state index is 6.36. The van der Waals surface area contributed by atoms with E-state index in [0.29, 0.717) is 0 Å². The molecule has 0 aliphatic carbocycles. The van der Waals surface area contributed by atoms with Gasteiger partial charge < -0.3 is 4.42 Å². The average molecular weight is 401 g/mol. The number of rotatable bonds is 1. The van der Waals surface area contributed by atoms with Crippen LogP contribution in [0.4, 0.5) is 0 Å². The number of nitrogens with zero attached hydrogens (tertiary/aromatic N) is 1. The highest BCUT2D eigenvalue weighted by Gasteiger charge is 2.18. The SMILES string of the molecule is c1ccc2c(c1)nc(-c1ccc3c(c1)sc1ccccc13)c1oc3ccccc3c12. The van der Waals surface area contributed by atoms with Crippen molar-refractivity contribution >= 4 is 64.4 Å². The van der Waals surface area contributed by atoms with Crippen LogP contribution in [0.2, 0.25) is 0 Å². The van der Waals surface area contributed by atoms with Gasteiger partial charge in [0.25, 0.3) is 0 Å². The normalized spacial score (nSPS) is 12.0. The summed E-state index contributed by atoms with van der Waals surface area (Å²) in [5.74, 6) is 0. The number of hydrogen-bond donors (Lipinski definition) is 0. The van der Waals surface area contributed by atoms with Crippen LogP contribution in [0.3, 0.4) is 0 Å². The molecule has 3 aromatic heterocycles. The number of furan rings is 1. The van der Waals surface area contributed by atoms with Crippen molar-refractivity contribution in [3.05, 3.63) is 91.0 Å². The minimum atomic E-state index is 0.857. The Morgan fingerprint density at radius 2 is 1.37 bits per heavy atom. The molecule has 4 aromatic carbocycles. The third-order valence-electron chi connectivity index (χ3n) is 5.87. The van der Waals surface area contributed by atoms with Gasteiger partial charge in [0.05, 0.1) is 5.52 Å². The van der Waals surface area contributed by atoms with Crippen LogP contribution in [0.15, 0.2) is 95.4 Å². The first-order valence-electron chi connectivity index (χ1n) is 9.98. The zero-order valence-electron chi connectivity index (χ0n) is 15.9. The molecule has 0 spiro atoms. The topological polar surface area (TPSA) is 26.0 Å². The fraction of sp³-hybridized carbons (Fsp3) is 0. The molecule has 0 saturated carbocycles. The molecule has 7 rings (SSSR count). The van der Waals surface area contributed by atoms with Crippen molar-refractivity contribution < 1.29 is 4.42 Å². The van der Waals surface area contributed by atoms with Gasteiger partial charge in [0.15, 0.2) is 5.58 Å².